The van der Waals surface area contributed by atoms with E-state index >= 15 is 0 Å². The summed E-state index contributed by atoms with van der Waals surface area (Å²) in [6.07, 6.45) is -2.48. The molecule has 2 aliphatic heterocycles. The summed E-state index contributed by atoms with van der Waals surface area (Å²) in [5.74, 6) is 3.76. The topological polar surface area (TPSA) is 126 Å². The van der Waals surface area contributed by atoms with Crippen molar-refractivity contribution in [2.24, 2.45) is 0 Å². The molecule has 4 atom stereocenters. The predicted molar refractivity (Wildman–Crippen MR) is 255 cm³/mol. The number of methoxy groups -OCH3 is 8. The van der Waals surface area contributed by atoms with Gasteiger partial charge in [0.2, 0.25) is 0 Å². The molecule has 2 heterocycles. The number of ether oxygens (including phenoxy) is 10. The number of rotatable bonds is 24. The molecule has 0 N–H and O–H groups in total. The van der Waals surface area contributed by atoms with Crippen LogP contribution in [0.15, 0.2) is 60.7 Å². The van der Waals surface area contributed by atoms with Gasteiger partial charge >= 0.3 is 11.9 Å². The van der Waals surface area contributed by atoms with Crippen LogP contribution >= 0.6 is 0 Å². The van der Waals surface area contributed by atoms with Gasteiger partial charge in [0.05, 0.1) is 123 Å². The molecule has 6 rings (SSSR count). The first kappa shape index (κ1) is 44.9. The number of fused-ring (bicyclic) bond motifs is 2. The molecular formula is C53H72N2O12+2. The number of carbonyl (C=O) groups is 2. The molecule has 2 aliphatic rings. The van der Waals surface area contributed by atoms with E-state index in [1.165, 1.54) is 0 Å². The second kappa shape index (κ2) is 23.2. The maximum atomic E-state index is 13.4. The minimum atomic E-state index is -2.25. The lowest BCUT2D eigenvalue weighted by molar-refractivity contribution is -0.940. The fraction of sp³-hybridized carbons (Fsp3) is 0.509. The Kier molecular flexibility index (Phi) is 15.6. The summed E-state index contributed by atoms with van der Waals surface area (Å²) >= 11 is 0. The molecule has 0 amide bonds. The quantitative estimate of drug-likeness (QED) is 0.0499. The first-order chi connectivity index (χ1) is 33.8. The third-order valence-corrected chi connectivity index (χ3v) is 13.6. The fourth-order valence-corrected chi connectivity index (χ4v) is 9.61. The molecule has 0 aliphatic carbocycles. The molecule has 0 saturated heterocycles. The highest BCUT2D eigenvalue weighted by Gasteiger charge is 2.42. The Morgan fingerprint density at radius 2 is 0.851 bits per heavy atom. The number of quaternary nitrogens is 2. The molecule has 0 aromatic heterocycles. The van der Waals surface area contributed by atoms with E-state index in [9.17, 15) is 9.59 Å². The normalized spacial score (nSPS) is 20.9. The minimum Gasteiger partial charge on any atom is -0.493 e. The van der Waals surface area contributed by atoms with Gasteiger partial charge in [0.25, 0.3) is 0 Å². The highest BCUT2D eigenvalue weighted by atomic mass is 16.5. The van der Waals surface area contributed by atoms with Crippen molar-refractivity contribution < 1.29 is 71.4 Å². The lowest BCUT2D eigenvalue weighted by Gasteiger charge is -2.46. The number of likely N-dealkylation sites (N-methyl/N-ethyl adjacent to an activating group) is 2. The smallest absolute Gasteiger partial charge is 0.311 e. The van der Waals surface area contributed by atoms with E-state index in [4.69, 9.17) is 52.9 Å². The van der Waals surface area contributed by atoms with Crippen LogP contribution in [0.3, 0.4) is 0 Å². The molecule has 0 saturated carbocycles. The lowest BCUT2D eigenvalue weighted by atomic mass is 9.86. The Hall–Kier alpha value is -5.86. The standard InChI is InChI=1S/C53H72N2O12/c1-54(22-18-38-32-48(62-7)50(64-9)34-40(38)42(54)28-36-14-16-44(58-3)46(30-36)60-5)24-20-52(56)66-26-12-11-13-27-67-53(57)21-25-55(2)23-19-39-33-49(63-8)51(65-10)35-41(39)43(55)29-37-15-17-45(59-4)47(31-37)61-6/h14-17,30-35,42-43H,11-13,18-29H2,1-10H3/q+2/t42-,43-,54-,55+/m1/s1/i12D2,13D2. The van der Waals surface area contributed by atoms with Gasteiger partial charge in [-0.15, -0.1) is 0 Å². The van der Waals surface area contributed by atoms with Crippen LogP contribution in [0.1, 0.15) is 83.0 Å². The van der Waals surface area contributed by atoms with Crippen molar-refractivity contribution in [1.82, 2.24) is 0 Å². The van der Waals surface area contributed by atoms with Crippen LogP contribution in [0.4, 0.5) is 0 Å². The third kappa shape index (κ3) is 12.0. The second-order valence-corrected chi connectivity index (χ2v) is 17.5. The number of hydrogen-bond donors (Lipinski definition) is 0. The van der Waals surface area contributed by atoms with E-state index in [0.29, 0.717) is 94.0 Å². The van der Waals surface area contributed by atoms with Gasteiger partial charge in [0.1, 0.15) is 12.1 Å². The largest absolute Gasteiger partial charge is 0.493 e. The summed E-state index contributed by atoms with van der Waals surface area (Å²) in [7, 11) is 17.0. The van der Waals surface area contributed by atoms with Gasteiger partial charge in [-0.05, 0) is 90.0 Å². The van der Waals surface area contributed by atoms with Crippen LogP contribution in [0, 0.1) is 0 Å². The number of carbonyl (C=O) groups excluding carboxylic acids is 2. The molecule has 14 heteroatoms. The second-order valence-electron chi connectivity index (χ2n) is 17.5. The zero-order chi connectivity index (χ0) is 51.7. The van der Waals surface area contributed by atoms with E-state index in [1.54, 1.807) is 56.9 Å². The molecule has 0 radical (unpaired) electrons. The fourth-order valence-electron chi connectivity index (χ4n) is 9.61. The molecule has 0 spiro atoms. The van der Waals surface area contributed by atoms with Gasteiger partial charge in [-0.1, -0.05) is 12.1 Å². The lowest BCUT2D eigenvalue weighted by Crippen LogP contribution is -2.53. The summed E-state index contributed by atoms with van der Waals surface area (Å²) in [6.45, 7) is 0.901. The summed E-state index contributed by atoms with van der Waals surface area (Å²) in [5.41, 5.74) is 6.43. The molecule has 4 aromatic carbocycles. The van der Waals surface area contributed by atoms with Gasteiger partial charge in [0.15, 0.2) is 46.0 Å². The molecule has 67 heavy (non-hydrogen) atoms. The molecule has 364 valence electrons. The van der Waals surface area contributed by atoms with Crippen molar-refractivity contribution >= 4 is 11.9 Å². The number of hydrogen-bond acceptors (Lipinski definition) is 12. The predicted octanol–water partition coefficient (Wildman–Crippen LogP) is 8.07. The molecule has 0 unspecified atom stereocenters. The van der Waals surface area contributed by atoms with Crippen molar-refractivity contribution in [2.75, 3.05) is 110 Å². The summed E-state index contributed by atoms with van der Waals surface area (Å²) in [5, 5.41) is 0. The maximum absolute atomic E-state index is 13.4. The Bertz CT molecular complexity index is 2340. The molecule has 4 aromatic rings. The van der Waals surface area contributed by atoms with Gasteiger partial charge in [-0.3, -0.25) is 9.59 Å². The van der Waals surface area contributed by atoms with Crippen LogP contribution in [0.2, 0.25) is 0 Å². The molecule has 14 nitrogen and oxygen atoms in total. The van der Waals surface area contributed by atoms with Crippen molar-refractivity contribution in [3.8, 4) is 46.0 Å². The van der Waals surface area contributed by atoms with Gasteiger partial charge in [-0.2, -0.15) is 0 Å². The van der Waals surface area contributed by atoms with E-state index in [2.05, 4.69) is 14.1 Å². The summed E-state index contributed by atoms with van der Waals surface area (Å²) < 4.78 is 91.4. The van der Waals surface area contributed by atoms with Crippen LogP contribution in [-0.4, -0.2) is 131 Å². The minimum absolute atomic E-state index is 0.00202. The van der Waals surface area contributed by atoms with Gasteiger partial charge in [-0.25, -0.2) is 0 Å². The maximum Gasteiger partial charge on any atom is 0.311 e. The monoisotopic (exact) mass is 933 g/mol. The Morgan fingerprint density at radius 3 is 1.21 bits per heavy atom. The van der Waals surface area contributed by atoms with E-state index in [-0.39, 0.29) is 24.9 Å². The summed E-state index contributed by atoms with van der Waals surface area (Å²) in [4.78, 5) is 26.8. The number of esters is 2. The zero-order valence-electron chi connectivity index (χ0n) is 44.9. The number of benzene rings is 4. The average molecular weight is 933 g/mol. The number of nitrogens with zero attached hydrogens (tertiary/aromatic N) is 2. The van der Waals surface area contributed by atoms with Crippen LogP contribution in [-0.2, 0) is 44.7 Å². The van der Waals surface area contributed by atoms with Crippen LogP contribution in [0.5, 0.6) is 46.0 Å². The van der Waals surface area contributed by atoms with Crippen molar-refractivity contribution in [2.45, 2.75) is 69.8 Å². The van der Waals surface area contributed by atoms with E-state index in [1.807, 2.05) is 60.7 Å². The Morgan fingerprint density at radius 1 is 0.507 bits per heavy atom. The van der Waals surface area contributed by atoms with Crippen molar-refractivity contribution in [3.63, 3.8) is 0 Å². The SMILES string of the molecule is [2H]C([2H])(COC(=O)CC[N@@+]1(C)CCc2cc(OC)c(OC)cc2[C@H]1Cc1ccc(OC)c(OC)c1)CC([2H])([2H])COC(=O)CC[N@+]1(C)CCc2cc(OC)c(OC)cc2[C@H]1Cc1ccc(OC)c(OC)c1. The first-order valence-electron chi connectivity index (χ1n) is 24.7. The van der Waals surface area contributed by atoms with Crippen LogP contribution in [0.25, 0.3) is 0 Å². The van der Waals surface area contributed by atoms with Crippen molar-refractivity contribution in [1.29, 1.82) is 0 Å². The summed E-state index contributed by atoms with van der Waals surface area (Å²) in [6, 6.07) is 19.5. The highest BCUT2D eigenvalue weighted by molar-refractivity contribution is 5.69. The van der Waals surface area contributed by atoms with E-state index in [0.717, 1.165) is 46.2 Å². The van der Waals surface area contributed by atoms with Crippen LogP contribution < -0.4 is 37.9 Å². The molecular weight excluding hydrogens is 857 g/mol. The molecule has 0 fully saturated rings. The Balaban J connectivity index is 1.06. The van der Waals surface area contributed by atoms with Crippen molar-refractivity contribution in [3.05, 3.63) is 94.0 Å². The Labute approximate surface area is 402 Å². The highest BCUT2D eigenvalue weighted by Crippen LogP contribution is 2.45. The van der Waals surface area contributed by atoms with Gasteiger partial charge < -0.3 is 56.3 Å². The average Bonchev–Trinajstić information content (AvgIpc) is 3.36. The third-order valence-electron chi connectivity index (χ3n) is 13.6. The first-order valence-corrected chi connectivity index (χ1v) is 22.7. The molecule has 0 bridgehead atoms. The van der Waals surface area contributed by atoms with E-state index < -0.39 is 44.3 Å². The zero-order valence-corrected chi connectivity index (χ0v) is 40.9. The van der Waals surface area contributed by atoms with Gasteiger partial charge in [0, 0.05) is 42.3 Å².